The molecule has 98 valence electrons. The molecule has 18 heavy (non-hydrogen) atoms. The Hall–Kier alpha value is -1.90. The van der Waals surface area contributed by atoms with E-state index in [1.165, 1.54) is 17.9 Å². The minimum atomic E-state index is -4.98. The summed E-state index contributed by atoms with van der Waals surface area (Å²) in [5, 5.41) is 16.6. The summed E-state index contributed by atoms with van der Waals surface area (Å²) in [7, 11) is 1.51. The number of rotatable bonds is 1. The molecule has 1 amide bonds. The zero-order valence-electron chi connectivity index (χ0n) is 9.22. The van der Waals surface area contributed by atoms with Gasteiger partial charge in [-0.3, -0.25) is 9.48 Å². The van der Waals surface area contributed by atoms with Gasteiger partial charge in [0, 0.05) is 25.9 Å². The number of nitrogens with zero attached hydrogens (tertiary/aromatic N) is 4. The van der Waals surface area contributed by atoms with E-state index in [9.17, 15) is 23.1 Å². The van der Waals surface area contributed by atoms with E-state index in [4.69, 9.17) is 0 Å². The van der Waals surface area contributed by atoms with Gasteiger partial charge in [-0.2, -0.15) is 28.4 Å². The second-order valence-electron chi connectivity index (χ2n) is 3.84. The van der Waals surface area contributed by atoms with Crippen LogP contribution in [-0.2, 0) is 7.05 Å². The van der Waals surface area contributed by atoms with Crippen LogP contribution in [0.5, 0.6) is 0 Å². The number of aliphatic hydroxyl groups is 1. The van der Waals surface area contributed by atoms with Crippen molar-refractivity contribution in [2.24, 2.45) is 12.1 Å². The normalized spacial score (nSPS) is 23.7. The van der Waals surface area contributed by atoms with Crippen molar-refractivity contribution in [3.63, 3.8) is 0 Å². The van der Waals surface area contributed by atoms with Gasteiger partial charge in [0.15, 0.2) is 0 Å². The molecule has 0 saturated carbocycles. The van der Waals surface area contributed by atoms with Crippen LogP contribution >= 0.6 is 0 Å². The van der Waals surface area contributed by atoms with Gasteiger partial charge in [-0.05, 0) is 0 Å². The number of aryl methyl sites for hydroxylation is 1. The molecule has 9 heteroatoms. The average molecular weight is 262 g/mol. The number of alkyl halides is 3. The molecule has 1 aromatic heterocycles. The Morgan fingerprint density at radius 2 is 2.22 bits per heavy atom. The number of carbonyl (C=O) groups is 1. The van der Waals surface area contributed by atoms with Crippen molar-refractivity contribution in [1.82, 2.24) is 14.8 Å². The Morgan fingerprint density at radius 3 is 2.72 bits per heavy atom. The molecule has 0 radical (unpaired) electrons. The van der Waals surface area contributed by atoms with E-state index >= 15 is 0 Å². The first kappa shape index (κ1) is 12.6. The first-order valence-corrected chi connectivity index (χ1v) is 4.90. The molecule has 2 heterocycles. The average Bonchev–Trinajstić information content (AvgIpc) is 2.83. The maximum absolute atomic E-state index is 12.7. The van der Waals surface area contributed by atoms with Gasteiger partial charge in [0.05, 0.1) is 11.8 Å². The third-order valence-electron chi connectivity index (χ3n) is 2.52. The fourth-order valence-corrected chi connectivity index (χ4v) is 1.54. The van der Waals surface area contributed by atoms with Gasteiger partial charge < -0.3 is 5.11 Å². The Morgan fingerprint density at radius 1 is 1.56 bits per heavy atom. The minimum absolute atomic E-state index is 0.0318. The third-order valence-corrected chi connectivity index (χ3v) is 2.52. The first-order chi connectivity index (χ1) is 8.25. The Bertz CT molecular complexity index is 510. The molecule has 0 saturated heterocycles. The highest BCUT2D eigenvalue weighted by atomic mass is 19.4. The van der Waals surface area contributed by atoms with Gasteiger partial charge in [0.25, 0.3) is 11.6 Å². The predicted octanol–water partition coefficient (Wildman–Crippen LogP) is 0.503. The number of hydrogen-bond donors (Lipinski definition) is 1. The molecule has 0 spiro atoms. The number of halogens is 3. The summed E-state index contributed by atoms with van der Waals surface area (Å²) in [5.74, 6) is -1.06. The van der Waals surface area contributed by atoms with E-state index in [1.54, 1.807) is 0 Å². The molecule has 2 rings (SSSR count). The predicted molar refractivity (Wildman–Crippen MR) is 53.5 cm³/mol. The maximum atomic E-state index is 12.7. The zero-order valence-corrected chi connectivity index (χ0v) is 9.22. The summed E-state index contributed by atoms with van der Waals surface area (Å²) in [5.41, 5.74) is -3.38. The van der Waals surface area contributed by atoms with Gasteiger partial charge in [-0.25, -0.2) is 0 Å². The lowest BCUT2D eigenvalue weighted by atomic mass is 10.1. The lowest BCUT2D eigenvalue weighted by Gasteiger charge is -2.32. The molecule has 6 nitrogen and oxygen atoms in total. The molecule has 0 unspecified atom stereocenters. The zero-order chi connectivity index (χ0) is 13.6. The van der Waals surface area contributed by atoms with Crippen molar-refractivity contribution in [3.8, 4) is 0 Å². The Labute approximate surface area is 99.3 Å². The number of amides is 1. The van der Waals surface area contributed by atoms with Gasteiger partial charge in [0.1, 0.15) is 0 Å². The summed E-state index contributed by atoms with van der Waals surface area (Å²) < 4.78 is 39.5. The molecule has 0 aromatic carbocycles. The quantitative estimate of drug-likeness (QED) is 0.801. The topological polar surface area (TPSA) is 70.7 Å². The lowest BCUT2D eigenvalue weighted by molar-refractivity contribution is -0.297. The van der Waals surface area contributed by atoms with E-state index in [1.807, 2.05) is 0 Å². The lowest BCUT2D eigenvalue weighted by Crippen LogP contribution is -2.56. The fourth-order valence-electron chi connectivity index (χ4n) is 1.54. The Balaban J connectivity index is 2.33. The highest BCUT2D eigenvalue weighted by Gasteiger charge is 2.61. The number of hydrazone groups is 1. The molecule has 1 N–H and O–H groups in total. The molecular weight excluding hydrogens is 253 g/mol. The van der Waals surface area contributed by atoms with Crippen molar-refractivity contribution in [3.05, 3.63) is 18.0 Å². The largest absolute Gasteiger partial charge is 0.438 e. The summed E-state index contributed by atoms with van der Waals surface area (Å²) in [6.07, 6.45) is -2.58. The van der Waals surface area contributed by atoms with Gasteiger partial charge >= 0.3 is 6.18 Å². The fraction of sp³-hybridized carbons (Fsp3) is 0.444. The second kappa shape index (κ2) is 3.80. The van der Waals surface area contributed by atoms with E-state index in [-0.39, 0.29) is 10.6 Å². The molecular formula is C9H9F3N4O2. The van der Waals surface area contributed by atoms with Crippen molar-refractivity contribution >= 4 is 12.1 Å². The van der Waals surface area contributed by atoms with Crippen LogP contribution in [0.25, 0.3) is 0 Å². The second-order valence-corrected chi connectivity index (χ2v) is 3.84. The van der Waals surface area contributed by atoms with E-state index in [0.29, 0.717) is 0 Å². The maximum Gasteiger partial charge on any atom is 0.438 e. The standard InChI is InChI=1S/C9H9F3N4O2/c1-15-5-6(4-14-15)7(17)16-8(18,2-3-13-16)9(10,11)12/h3-5,18H,2H2,1H3/t8-/m0/s1. The van der Waals surface area contributed by atoms with Crippen molar-refractivity contribution < 1.29 is 23.1 Å². The smallest absolute Gasteiger partial charge is 0.362 e. The molecule has 0 bridgehead atoms. The van der Waals surface area contributed by atoms with Crippen molar-refractivity contribution in [1.29, 1.82) is 0 Å². The van der Waals surface area contributed by atoms with Gasteiger partial charge in [0.2, 0.25) is 0 Å². The van der Waals surface area contributed by atoms with Crippen LogP contribution in [0.1, 0.15) is 16.8 Å². The molecule has 1 aliphatic heterocycles. The van der Waals surface area contributed by atoms with Crippen molar-refractivity contribution in [2.45, 2.75) is 18.3 Å². The summed E-state index contributed by atoms with van der Waals surface area (Å²) in [4.78, 5) is 11.8. The van der Waals surface area contributed by atoms with E-state index in [2.05, 4.69) is 10.2 Å². The summed E-state index contributed by atoms with van der Waals surface area (Å²) >= 11 is 0. The minimum Gasteiger partial charge on any atom is -0.362 e. The number of hydrogen-bond acceptors (Lipinski definition) is 4. The third kappa shape index (κ3) is 1.76. The monoisotopic (exact) mass is 262 g/mol. The van der Waals surface area contributed by atoms with Gasteiger partial charge in [-0.15, -0.1) is 0 Å². The summed E-state index contributed by atoms with van der Waals surface area (Å²) in [6.45, 7) is 0. The number of aromatic nitrogens is 2. The highest BCUT2D eigenvalue weighted by molar-refractivity contribution is 5.95. The van der Waals surface area contributed by atoms with Gasteiger partial charge in [-0.1, -0.05) is 0 Å². The van der Waals surface area contributed by atoms with E-state index < -0.39 is 24.2 Å². The van der Waals surface area contributed by atoms with Crippen molar-refractivity contribution in [2.75, 3.05) is 0 Å². The highest BCUT2D eigenvalue weighted by Crippen LogP contribution is 2.39. The molecule has 0 aliphatic carbocycles. The van der Waals surface area contributed by atoms with Crippen LogP contribution in [0.15, 0.2) is 17.5 Å². The molecule has 1 aliphatic rings. The van der Waals surface area contributed by atoms with Crippen LogP contribution in [0.4, 0.5) is 13.2 Å². The van der Waals surface area contributed by atoms with Crippen LogP contribution in [-0.4, -0.2) is 43.9 Å². The molecule has 0 fully saturated rings. The molecule has 1 aromatic rings. The van der Waals surface area contributed by atoms with E-state index in [0.717, 1.165) is 12.4 Å². The van der Waals surface area contributed by atoms with Crippen LogP contribution in [0.2, 0.25) is 0 Å². The Kier molecular flexibility index (Phi) is 2.65. The van der Waals surface area contributed by atoms with Crippen LogP contribution in [0.3, 0.4) is 0 Å². The SMILES string of the molecule is Cn1cc(C(=O)N2N=CC[C@]2(O)C(F)(F)F)cn1. The first-order valence-electron chi connectivity index (χ1n) is 4.90. The number of carbonyl (C=O) groups excluding carboxylic acids is 1. The van der Waals surface area contributed by atoms with Crippen LogP contribution in [0, 0.1) is 0 Å². The summed E-state index contributed by atoms with van der Waals surface area (Å²) in [6, 6.07) is 0. The molecule has 1 atom stereocenters. The van der Waals surface area contributed by atoms with Crippen LogP contribution < -0.4 is 0 Å².